The standard InChI is InChI=1S/C18H26N2O5/c1-7-25-12-8-18(16(23)24,17(12,5)6)20-15(22)14-9(2)13(11(4)21)10(3)19-14/h12,19H,7-8H2,1-6H3,(H,20,22)(H,23,24). The number of hydrogen-bond donors (Lipinski definition) is 3. The van der Waals surface area contributed by atoms with Crippen LogP contribution in [-0.4, -0.2) is 46.0 Å². The first-order chi connectivity index (χ1) is 11.5. The maximum absolute atomic E-state index is 12.8. The summed E-state index contributed by atoms with van der Waals surface area (Å²) < 4.78 is 5.60. The molecule has 138 valence electrons. The third-order valence-electron chi connectivity index (χ3n) is 5.47. The first-order valence-corrected chi connectivity index (χ1v) is 8.37. The first-order valence-electron chi connectivity index (χ1n) is 8.37. The van der Waals surface area contributed by atoms with Gasteiger partial charge in [0.05, 0.1) is 6.10 Å². The average molecular weight is 350 g/mol. The van der Waals surface area contributed by atoms with E-state index in [-0.39, 0.29) is 24.0 Å². The second kappa shape index (κ2) is 6.29. The highest BCUT2D eigenvalue weighted by molar-refractivity contribution is 6.04. The number of aromatic nitrogens is 1. The van der Waals surface area contributed by atoms with Crippen LogP contribution in [0.3, 0.4) is 0 Å². The Balaban J connectivity index is 2.34. The van der Waals surface area contributed by atoms with E-state index in [1.165, 1.54) is 6.92 Å². The van der Waals surface area contributed by atoms with E-state index in [1.807, 2.05) is 6.92 Å². The molecule has 0 bridgehead atoms. The van der Waals surface area contributed by atoms with Crippen molar-refractivity contribution in [2.75, 3.05) is 6.61 Å². The van der Waals surface area contributed by atoms with E-state index in [1.54, 1.807) is 27.7 Å². The number of carboxylic acids is 1. The summed E-state index contributed by atoms with van der Waals surface area (Å²) in [6.07, 6.45) is -0.0408. The summed E-state index contributed by atoms with van der Waals surface area (Å²) in [5.74, 6) is -1.76. The van der Waals surface area contributed by atoms with Crippen LogP contribution >= 0.6 is 0 Å². The first kappa shape index (κ1) is 19.2. The van der Waals surface area contributed by atoms with Crippen molar-refractivity contribution in [1.82, 2.24) is 10.3 Å². The van der Waals surface area contributed by atoms with Crippen LogP contribution in [-0.2, 0) is 9.53 Å². The van der Waals surface area contributed by atoms with Crippen LogP contribution in [0.2, 0.25) is 0 Å². The molecular weight excluding hydrogens is 324 g/mol. The third kappa shape index (κ3) is 2.76. The molecule has 1 heterocycles. The second-order valence-electron chi connectivity index (χ2n) is 7.22. The topological polar surface area (TPSA) is 108 Å². The summed E-state index contributed by atoms with van der Waals surface area (Å²) in [6.45, 7) is 10.7. The van der Waals surface area contributed by atoms with Crippen LogP contribution in [0.15, 0.2) is 0 Å². The van der Waals surface area contributed by atoms with Gasteiger partial charge in [0.15, 0.2) is 5.78 Å². The number of H-pyrrole nitrogens is 1. The van der Waals surface area contributed by atoms with Crippen molar-refractivity contribution in [2.24, 2.45) is 5.41 Å². The van der Waals surface area contributed by atoms with Crippen molar-refractivity contribution in [1.29, 1.82) is 0 Å². The molecule has 0 aliphatic heterocycles. The summed E-state index contributed by atoms with van der Waals surface area (Å²) in [6, 6.07) is 0. The molecule has 7 nitrogen and oxygen atoms in total. The molecule has 2 atom stereocenters. The average Bonchev–Trinajstić information content (AvgIpc) is 2.80. The predicted octanol–water partition coefficient (Wildman–Crippen LogP) is 2.22. The Labute approximate surface area is 147 Å². The Hall–Kier alpha value is -2.15. The molecular formula is C18H26N2O5. The highest BCUT2D eigenvalue weighted by Gasteiger charge is 2.66. The van der Waals surface area contributed by atoms with Gasteiger partial charge in [-0.25, -0.2) is 4.79 Å². The van der Waals surface area contributed by atoms with E-state index < -0.39 is 22.8 Å². The van der Waals surface area contributed by atoms with E-state index in [9.17, 15) is 19.5 Å². The van der Waals surface area contributed by atoms with Gasteiger partial charge >= 0.3 is 5.97 Å². The molecule has 1 aliphatic rings. The van der Waals surface area contributed by atoms with Gasteiger partial charge in [0.2, 0.25) is 0 Å². The lowest BCUT2D eigenvalue weighted by Gasteiger charge is -2.58. The highest BCUT2D eigenvalue weighted by Crippen LogP contribution is 2.51. The van der Waals surface area contributed by atoms with Crippen LogP contribution in [0.4, 0.5) is 0 Å². The monoisotopic (exact) mass is 350 g/mol. The van der Waals surface area contributed by atoms with Crippen LogP contribution in [0, 0.1) is 19.3 Å². The molecule has 1 amide bonds. The molecule has 1 fully saturated rings. The minimum Gasteiger partial charge on any atom is -0.479 e. The van der Waals surface area contributed by atoms with Crippen LogP contribution < -0.4 is 5.32 Å². The SMILES string of the molecule is CCOC1CC(NC(=O)c2[nH]c(C)c(C(C)=O)c2C)(C(=O)O)C1(C)C. The number of Topliss-reactive ketones (excluding diaryl/α,β-unsaturated/α-hetero) is 1. The number of ketones is 1. The number of rotatable bonds is 6. The molecule has 25 heavy (non-hydrogen) atoms. The number of aliphatic carboxylic acids is 1. The van der Waals surface area contributed by atoms with Crippen molar-refractivity contribution in [3.63, 3.8) is 0 Å². The van der Waals surface area contributed by atoms with Crippen molar-refractivity contribution >= 4 is 17.7 Å². The fraction of sp³-hybridized carbons (Fsp3) is 0.611. The number of aryl methyl sites for hydroxylation is 1. The van der Waals surface area contributed by atoms with E-state index in [0.717, 1.165) is 0 Å². The number of hydrogen-bond acceptors (Lipinski definition) is 4. The zero-order valence-corrected chi connectivity index (χ0v) is 15.6. The van der Waals surface area contributed by atoms with Crippen LogP contribution in [0.5, 0.6) is 0 Å². The van der Waals surface area contributed by atoms with Gasteiger partial charge in [-0.2, -0.15) is 0 Å². The maximum Gasteiger partial charge on any atom is 0.330 e. The number of nitrogens with one attached hydrogen (secondary N) is 2. The number of carbonyl (C=O) groups excluding carboxylic acids is 2. The molecule has 0 saturated heterocycles. The summed E-state index contributed by atoms with van der Waals surface area (Å²) in [7, 11) is 0. The molecule has 3 N–H and O–H groups in total. The van der Waals surface area contributed by atoms with Gasteiger partial charge in [-0.1, -0.05) is 13.8 Å². The minimum atomic E-state index is -1.41. The van der Waals surface area contributed by atoms with Crippen LogP contribution in [0.25, 0.3) is 0 Å². The quantitative estimate of drug-likeness (QED) is 0.682. The molecule has 0 aromatic carbocycles. The number of aromatic amines is 1. The van der Waals surface area contributed by atoms with Gasteiger partial charge in [0.25, 0.3) is 5.91 Å². The molecule has 2 unspecified atom stereocenters. The summed E-state index contributed by atoms with van der Waals surface area (Å²) in [5.41, 5.74) is -0.357. The van der Waals surface area contributed by atoms with Gasteiger partial charge in [0, 0.05) is 29.7 Å². The molecule has 1 aromatic rings. The maximum atomic E-state index is 12.8. The molecule has 0 spiro atoms. The Bertz CT molecular complexity index is 734. The number of ether oxygens (including phenoxy) is 1. The highest BCUT2D eigenvalue weighted by atomic mass is 16.5. The summed E-state index contributed by atoms with van der Waals surface area (Å²) >= 11 is 0. The molecule has 2 rings (SSSR count). The number of carboxylic acid groups (broad SMARTS) is 1. The third-order valence-corrected chi connectivity index (χ3v) is 5.47. The van der Waals surface area contributed by atoms with E-state index in [2.05, 4.69) is 10.3 Å². The van der Waals surface area contributed by atoms with Crippen molar-refractivity contribution in [3.8, 4) is 0 Å². The minimum absolute atomic E-state index is 0.140. The Morgan fingerprint density at radius 2 is 1.92 bits per heavy atom. The lowest BCUT2D eigenvalue weighted by molar-refractivity contribution is -0.190. The summed E-state index contributed by atoms with van der Waals surface area (Å²) in [5, 5.41) is 12.5. The van der Waals surface area contributed by atoms with Gasteiger partial charge in [0.1, 0.15) is 11.2 Å². The largest absolute Gasteiger partial charge is 0.479 e. The molecule has 1 aromatic heterocycles. The second-order valence-corrected chi connectivity index (χ2v) is 7.22. The predicted molar refractivity (Wildman–Crippen MR) is 91.9 cm³/mol. The number of carbonyl (C=O) groups is 3. The van der Waals surface area contributed by atoms with Crippen LogP contribution in [0.1, 0.15) is 66.2 Å². The van der Waals surface area contributed by atoms with Crippen molar-refractivity contribution < 1.29 is 24.2 Å². The Morgan fingerprint density at radius 1 is 1.32 bits per heavy atom. The van der Waals surface area contributed by atoms with E-state index in [4.69, 9.17) is 4.74 Å². The Kier molecular flexibility index (Phi) is 4.83. The molecule has 0 radical (unpaired) electrons. The lowest BCUT2D eigenvalue weighted by atomic mass is 9.54. The van der Waals surface area contributed by atoms with Gasteiger partial charge in [-0.15, -0.1) is 0 Å². The van der Waals surface area contributed by atoms with Gasteiger partial charge in [-0.3, -0.25) is 9.59 Å². The lowest BCUT2D eigenvalue weighted by Crippen LogP contribution is -2.76. The zero-order valence-electron chi connectivity index (χ0n) is 15.6. The van der Waals surface area contributed by atoms with Crippen molar-refractivity contribution in [3.05, 3.63) is 22.5 Å². The normalized spacial score (nSPS) is 24.5. The number of amides is 1. The zero-order chi connectivity index (χ0) is 19.2. The smallest absolute Gasteiger partial charge is 0.330 e. The van der Waals surface area contributed by atoms with Crippen molar-refractivity contribution in [2.45, 2.75) is 59.6 Å². The Morgan fingerprint density at radius 3 is 2.32 bits per heavy atom. The molecule has 7 heteroatoms. The fourth-order valence-electron chi connectivity index (χ4n) is 3.80. The van der Waals surface area contributed by atoms with Gasteiger partial charge < -0.3 is 20.1 Å². The fourth-order valence-corrected chi connectivity index (χ4v) is 3.80. The molecule has 1 aliphatic carbocycles. The molecule has 1 saturated carbocycles. The summed E-state index contributed by atoms with van der Waals surface area (Å²) in [4.78, 5) is 39.4. The van der Waals surface area contributed by atoms with Gasteiger partial charge in [-0.05, 0) is 33.3 Å². The van der Waals surface area contributed by atoms with E-state index in [0.29, 0.717) is 23.4 Å². The van der Waals surface area contributed by atoms with E-state index >= 15 is 0 Å².